The zero-order valence-corrected chi connectivity index (χ0v) is 15.7. The van der Waals surface area contributed by atoms with Crippen LogP contribution in [0.5, 0.6) is 5.75 Å². The van der Waals surface area contributed by atoms with Crippen molar-refractivity contribution in [3.8, 4) is 5.75 Å². The van der Waals surface area contributed by atoms with E-state index in [9.17, 15) is 9.18 Å². The topological polar surface area (TPSA) is 42.4 Å². The van der Waals surface area contributed by atoms with Gasteiger partial charge < -0.3 is 4.74 Å². The molecule has 4 rings (SSSR count). The molecule has 0 saturated carbocycles. The van der Waals surface area contributed by atoms with E-state index in [1.165, 1.54) is 23.5 Å². The molecule has 1 amide bonds. The summed E-state index contributed by atoms with van der Waals surface area (Å²) in [6, 6.07) is 23.4. The summed E-state index contributed by atoms with van der Waals surface area (Å²) >= 11 is 1.44. The number of rotatable bonds is 6. The van der Waals surface area contributed by atoms with Crippen LogP contribution in [-0.4, -0.2) is 17.5 Å². The van der Waals surface area contributed by atoms with Gasteiger partial charge in [-0.25, -0.2) is 9.37 Å². The van der Waals surface area contributed by atoms with E-state index in [-0.39, 0.29) is 18.3 Å². The van der Waals surface area contributed by atoms with E-state index in [0.29, 0.717) is 11.7 Å². The molecule has 0 radical (unpaired) electrons. The molecule has 0 fully saturated rings. The summed E-state index contributed by atoms with van der Waals surface area (Å²) in [7, 11) is 0. The molecule has 3 aromatic carbocycles. The van der Waals surface area contributed by atoms with Crippen LogP contribution >= 0.6 is 11.3 Å². The standard InChI is InChI=1S/C22H17FN2O2S/c23-17-10-4-6-12-19(17)27-15-21(26)25(14-16-8-2-1-3-9-16)22-24-18-11-5-7-13-20(18)28-22/h1-13H,14-15H2. The van der Waals surface area contributed by atoms with Gasteiger partial charge in [-0.05, 0) is 29.8 Å². The quantitative estimate of drug-likeness (QED) is 0.461. The monoisotopic (exact) mass is 392 g/mol. The molecule has 4 nitrogen and oxygen atoms in total. The summed E-state index contributed by atoms with van der Waals surface area (Å²) in [5.74, 6) is -0.726. The Balaban J connectivity index is 1.60. The van der Waals surface area contributed by atoms with Gasteiger partial charge in [0.2, 0.25) is 0 Å². The number of benzene rings is 3. The van der Waals surface area contributed by atoms with Gasteiger partial charge in [-0.3, -0.25) is 9.69 Å². The number of amides is 1. The number of anilines is 1. The predicted molar refractivity (Wildman–Crippen MR) is 109 cm³/mol. The Labute approximate surface area is 165 Å². The van der Waals surface area contributed by atoms with Crippen molar-refractivity contribution in [1.29, 1.82) is 0 Å². The summed E-state index contributed by atoms with van der Waals surface area (Å²) in [5.41, 5.74) is 1.81. The van der Waals surface area contributed by atoms with E-state index in [4.69, 9.17) is 4.74 Å². The van der Waals surface area contributed by atoms with Crippen molar-refractivity contribution in [3.05, 3.63) is 90.2 Å². The third-order valence-electron chi connectivity index (χ3n) is 4.19. The molecular formula is C22H17FN2O2S. The Morgan fingerprint density at radius 2 is 1.68 bits per heavy atom. The van der Waals surface area contributed by atoms with Crippen molar-refractivity contribution in [2.45, 2.75) is 6.54 Å². The fraction of sp³-hybridized carbons (Fsp3) is 0.0909. The lowest BCUT2D eigenvalue weighted by molar-refractivity contribution is -0.120. The number of para-hydroxylation sites is 2. The highest BCUT2D eigenvalue weighted by Crippen LogP contribution is 2.30. The van der Waals surface area contributed by atoms with E-state index in [0.717, 1.165) is 15.8 Å². The highest BCUT2D eigenvalue weighted by Gasteiger charge is 2.21. The number of ether oxygens (including phenoxy) is 1. The smallest absolute Gasteiger partial charge is 0.267 e. The number of aromatic nitrogens is 1. The molecule has 0 N–H and O–H groups in total. The first-order valence-electron chi connectivity index (χ1n) is 8.78. The summed E-state index contributed by atoms with van der Waals surface area (Å²) < 4.78 is 20.2. The van der Waals surface area contributed by atoms with Crippen molar-refractivity contribution in [1.82, 2.24) is 4.98 Å². The van der Waals surface area contributed by atoms with Crippen LogP contribution in [0.3, 0.4) is 0 Å². The molecule has 28 heavy (non-hydrogen) atoms. The molecule has 0 atom stereocenters. The van der Waals surface area contributed by atoms with Crippen LogP contribution in [0.1, 0.15) is 5.56 Å². The zero-order valence-electron chi connectivity index (χ0n) is 14.9. The highest BCUT2D eigenvalue weighted by atomic mass is 32.1. The van der Waals surface area contributed by atoms with Gasteiger partial charge in [-0.1, -0.05) is 65.9 Å². The molecule has 0 bridgehead atoms. The van der Waals surface area contributed by atoms with Crippen LogP contribution in [0.2, 0.25) is 0 Å². The Bertz CT molecular complexity index is 1060. The van der Waals surface area contributed by atoms with E-state index in [1.54, 1.807) is 17.0 Å². The molecule has 0 aliphatic rings. The molecule has 1 aromatic heterocycles. The lowest BCUT2D eigenvalue weighted by Gasteiger charge is -2.20. The normalized spacial score (nSPS) is 10.8. The fourth-order valence-electron chi connectivity index (χ4n) is 2.78. The lowest BCUT2D eigenvalue weighted by Crippen LogP contribution is -2.34. The lowest BCUT2D eigenvalue weighted by atomic mass is 10.2. The van der Waals surface area contributed by atoms with Gasteiger partial charge in [0.1, 0.15) is 0 Å². The molecule has 1 heterocycles. The van der Waals surface area contributed by atoms with Gasteiger partial charge in [0.15, 0.2) is 23.3 Å². The average Bonchev–Trinajstić information content (AvgIpc) is 3.16. The molecule has 4 aromatic rings. The molecule has 0 spiro atoms. The minimum Gasteiger partial charge on any atom is -0.481 e. The number of nitrogens with zero attached hydrogens (tertiary/aromatic N) is 2. The molecule has 0 unspecified atom stereocenters. The second kappa shape index (κ2) is 8.19. The van der Waals surface area contributed by atoms with Crippen LogP contribution in [0.4, 0.5) is 9.52 Å². The number of halogens is 1. The van der Waals surface area contributed by atoms with Gasteiger partial charge in [0.25, 0.3) is 5.91 Å². The maximum absolute atomic E-state index is 13.8. The summed E-state index contributed by atoms with van der Waals surface area (Å²) in [6.07, 6.45) is 0. The van der Waals surface area contributed by atoms with E-state index >= 15 is 0 Å². The van der Waals surface area contributed by atoms with Crippen molar-refractivity contribution in [2.24, 2.45) is 0 Å². The van der Waals surface area contributed by atoms with E-state index in [1.807, 2.05) is 54.6 Å². The van der Waals surface area contributed by atoms with Crippen LogP contribution in [0.25, 0.3) is 10.2 Å². The Hall–Kier alpha value is -3.25. The van der Waals surface area contributed by atoms with Crippen molar-refractivity contribution in [3.63, 3.8) is 0 Å². The zero-order chi connectivity index (χ0) is 19.3. The summed E-state index contributed by atoms with van der Waals surface area (Å²) in [5, 5.41) is 0.590. The summed E-state index contributed by atoms with van der Waals surface area (Å²) in [6.45, 7) is 0.0871. The van der Waals surface area contributed by atoms with Gasteiger partial charge >= 0.3 is 0 Å². The highest BCUT2D eigenvalue weighted by molar-refractivity contribution is 7.22. The third-order valence-corrected chi connectivity index (χ3v) is 5.25. The van der Waals surface area contributed by atoms with Gasteiger partial charge in [-0.2, -0.15) is 0 Å². The van der Waals surface area contributed by atoms with Crippen LogP contribution in [-0.2, 0) is 11.3 Å². The number of hydrogen-bond donors (Lipinski definition) is 0. The van der Waals surface area contributed by atoms with Gasteiger partial charge in [0.05, 0.1) is 16.8 Å². The Morgan fingerprint density at radius 3 is 2.46 bits per heavy atom. The van der Waals surface area contributed by atoms with Gasteiger partial charge in [-0.15, -0.1) is 0 Å². The maximum Gasteiger partial charge on any atom is 0.267 e. The van der Waals surface area contributed by atoms with Crippen molar-refractivity contribution >= 4 is 32.6 Å². The largest absolute Gasteiger partial charge is 0.481 e. The van der Waals surface area contributed by atoms with Crippen LogP contribution in [0.15, 0.2) is 78.9 Å². The molecular weight excluding hydrogens is 375 g/mol. The molecule has 6 heteroatoms. The first-order chi connectivity index (χ1) is 13.7. The first kappa shape index (κ1) is 18.1. The average molecular weight is 392 g/mol. The SMILES string of the molecule is O=C(COc1ccccc1F)N(Cc1ccccc1)c1nc2ccccc2s1. The molecule has 140 valence electrons. The number of carbonyl (C=O) groups is 1. The third kappa shape index (κ3) is 4.02. The van der Waals surface area contributed by atoms with E-state index < -0.39 is 5.82 Å². The van der Waals surface area contributed by atoms with E-state index in [2.05, 4.69) is 4.98 Å². The van der Waals surface area contributed by atoms with Crippen LogP contribution in [0, 0.1) is 5.82 Å². The predicted octanol–water partition coefficient (Wildman–Crippen LogP) is 5.05. The number of hydrogen-bond acceptors (Lipinski definition) is 4. The number of fused-ring (bicyclic) bond motifs is 1. The molecule has 0 saturated heterocycles. The second-order valence-electron chi connectivity index (χ2n) is 6.15. The van der Waals surface area contributed by atoms with Crippen LogP contribution < -0.4 is 9.64 Å². The fourth-order valence-corrected chi connectivity index (χ4v) is 3.77. The van der Waals surface area contributed by atoms with Crippen molar-refractivity contribution in [2.75, 3.05) is 11.5 Å². The maximum atomic E-state index is 13.8. The second-order valence-corrected chi connectivity index (χ2v) is 7.16. The van der Waals surface area contributed by atoms with Crippen molar-refractivity contribution < 1.29 is 13.9 Å². The Kier molecular flexibility index (Phi) is 5.30. The number of carbonyl (C=O) groups excluding carboxylic acids is 1. The Morgan fingerprint density at radius 1 is 0.964 bits per heavy atom. The number of thiazole rings is 1. The first-order valence-corrected chi connectivity index (χ1v) is 9.59. The molecule has 0 aliphatic heterocycles. The summed E-state index contributed by atoms with van der Waals surface area (Å²) in [4.78, 5) is 19.1. The van der Waals surface area contributed by atoms with Gasteiger partial charge in [0, 0.05) is 0 Å². The molecule has 0 aliphatic carbocycles. The minimum absolute atomic E-state index is 0.0554. The minimum atomic E-state index is -0.495.